The zero-order valence-corrected chi connectivity index (χ0v) is 28.0. The van der Waals surface area contributed by atoms with Crippen molar-refractivity contribution in [1.29, 1.82) is 0 Å². The first-order chi connectivity index (χ1) is 23.3. The van der Waals surface area contributed by atoms with Crippen LogP contribution in [0.3, 0.4) is 0 Å². The molecule has 3 amide bonds. The van der Waals surface area contributed by atoms with Crippen LogP contribution in [-0.4, -0.2) is 30.3 Å². The normalized spacial score (nSPS) is 17.5. The van der Waals surface area contributed by atoms with Gasteiger partial charge in [0, 0.05) is 17.5 Å². The zero-order valence-electron chi connectivity index (χ0n) is 28.0. The number of hydrogen-bond acceptors (Lipinski definition) is 4. The van der Waals surface area contributed by atoms with Crippen molar-refractivity contribution in [3.05, 3.63) is 114 Å². The lowest BCUT2D eigenvalue weighted by Gasteiger charge is -2.33. The number of nitrogens with one attached hydrogen (secondary N) is 1. The van der Waals surface area contributed by atoms with Crippen molar-refractivity contribution in [3.63, 3.8) is 0 Å². The molecule has 1 saturated carbocycles. The maximum absolute atomic E-state index is 14.8. The summed E-state index contributed by atoms with van der Waals surface area (Å²) in [7, 11) is 0. The van der Waals surface area contributed by atoms with Gasteiger partial charge in [0.2, 0.25) is 11.8 Å². The van der Waals surface area contributed by atoms with Crippen molar-refractivity contribution in [2.24, 2.45) is 23.5 Å². The van der Waals surface area contributed by atoms with E-state index in [1.807, 2.05) is 73.7 Å². The van der Waals surface area contributed by atoms with Gasteiger partial charge in [0.05, 0.1) is 24.5 Å². The summed E-state index contributed by atoms with van der Waals surface area (Å²) in [6.07, 6.45) is 5.14. The van der Waals surface area contributed by atoms with Gasteiger partial charge in [-0.3, -0.25) is 14.4 Å². The van der Waals surface area contributed by atoms with Gasteiger partial charge in [-0.2, -0.15) is 0 Å². The SMILES string of the molecule is CCCC(C(N)=O)C(CC1CCC1)C(=O)NC1CN(c2ccccc2)c2ccccc2N(Cc2cccc(-c3ccc(C)cc3)c2)C1=O. The predicted octanol–water partition coefficient (Wildman–Crippen LogP) is 7.54. The lowest BCUT2D eigenvalue weighted by atomic mass is 9.74. The van der Waals surface area contributed by atoms with Gasteiger partial charge in [-0.1, -0.05) is 111 Å². The third kappa shape index (κ3) is 7.30. The molecule has 1 heterocycles. The monoisotopic (exact) mass is 642 g/mol. The van der Waals surface area contributed by atoms with E-state index in [1.165, 1.54) is 5.56 Å². The highest BCUT2D eigenvalue weighted by atomic mass is 16.2. The molecule has 0 aromatic heterocycles. The molecule has 6 rings (SSSR count). The van der Waals surface area contributed by atoms with E-state index in [4.69, 9.17) is 5.73 Å². The van der Waals surface area contributed by atoms with E-state index in [0.717, 1.165) is 59.4 Å². The molecule has 1 aliphatic heterocycles. The molecule has 3 atom stereocenters. The summed E-state index contributed by atoms with van der Waals surface area (Å²) in [4.78, 5) is 45.6. The topological polar surface area (TPSA) is 95.7 Å². The van der Waals surface area contributed by atoms with E-state index in [0.29, 0.717) is 25.3 Å². The molecule has 1 fully saturated rings. The number of amides is 3. The van der Waals surface area contributed by atoms with Gasteiger partial charge in [0.1, 0.15) is 6.04 Å². The molecule has 4 aromatic rings. The van der Waals surface area contributed by atoms with Gasteiger partial charge >= 0.3 is 0 Å². The molecule has 2 aliphatic rings. The molecule has 0 saturated heterocycles. The van der Waals surface area contributed by atoms with Crippen molar-refractivity contribution < 1.29 is 14.4 Å². The summed E-state index contributed by atoms with van der Waals surface area (Å²) >= 11 is 0. The number of carbonyl (C=O) groups is 3. The fraction of sp³-hybridized carbons (Fsp3) is 0.341. The Labute approximate surface area is 284 Å². The second kappa shape index (κ2) is 14.9. The Hall–Kier alpha value is -4.91. The lowest BCUT2D eigenvalue weighted by molar-refractivity contribution is -0.136. The first-order valence-electron chi connectivity index (χ1n) is 17.3. The summed E-state index contributed by atoms with van der Waals surface area (Å²) in [5.41, 5.74) is 12.9. The molecule has 248 valence electrons. The van der Waals surface area contributed by atoms with Crippen molar-refractivity contribution in [2.45, 2.75) is 65.0 Å². The summed E-state index contributed by atoms with van der Waals surface area (Å²) in [6.45, 7) is 4.65. The Morgan fingerprint density at radius 2 is 1.56 bits per heavy atom. The number of para-hydroxylation sites is 3. The van der Waals surface area contributed by atoms with Gasteiger partial charge in [-0.05, 0) is 72.7 Å². The van der Waals surface area contributed by atoms with Crippen molar-refractivity contribution in [1.82, 2.24) is 5.32 Å². The second-order valence-electron chi connectivity index (χ2n) is 13.4. The molecule has 0 radical (unpaired) electrons. The Kier molecular flexibility index (Phi) is 10.2. The van der Waals surface area contributed by atoms with Crippen LogP contribution >= 0.6 is 0 Å². The zero-order chi connectivity index (χ0) is 33.6. The first-order valence-corrected chi connectivity index (χ1v) is 17.3. The molecular formula is C41H46N4O3. The smallest absolute Gasteiger partial charge is 0.251 e. The number of nitrogens with zero attached hydrogens (tertiary/aromatic N) is 2. The number of anilines is 3. The van der Waals surface area contributed by atoms with Crippen molar-refractivity contribution in [3.8, 4) is 11.1 Å². The standard InChI is InChI=1S/C41H46N4O3/c1-3-11-34(39(42)46)35(25-29-12-9-13-29)40(47)43-36-27-44(33-16-5-4-6-17-33)37-18-7-8-19-38(37)45(41(36)48)26-30-14-10-15-32(24-30)31-22-20-28(2)21-23-31/h4-8,10,14-24,29,34-36H,3,9,11-13,25-27H2,1-2H3,(H2,42,46)(H,43,47). The van der Waals surface area contributed by atoms with Crippen LogP contribution in [0.4, 0.5) is 17.1 Å². The van der Waals surface area contributed by atoms with Crippen LogP contribution in [0.1, 0.15) is 56.6 Å². The first kappa shape index (κ1) is 33.0. The van der Waals surface area contributed by atoms with E-state index in [9.17, 15) is 14.4 Å². The quantitative estimate of drug-likeness (QED) is 0.167. The summed E-state index contributed by atoms with van der Waals surface area (Å²) < 4.78 is 0. The molecule has 0 bridgehead atoms. The van der Waals surface area contributed by atoms with Crippen LogP contribution in [0.25, 0.3) is 11.1 Å². The predicted molar refractivity (Wildman–Crippen MR) is 193 cm³/mol. The number of aryl methyl sites for hydroxylation is 1. The van der Waals surface area contributed by atoms with Crippen LogP contribution in [0.2, 0.25) is 0 Å². The van der Waals surface area contributed by atoms with E-state index in [-0.39, 0.29) is 18.4 Å². The molecule has 0 spiro atoms. The number of hydrogen-bond donors (Lipinski definition) is 2. The van der Waals surface area contributed by atoms with Gasteiger partial charge in [-0.25, -0.2) is 0 Å². The minimum Gasteiger partial charge on any atom is -0.369 e. The minimum absolute atomic E-state index is 0.191. The van der Waals surface area contributed by atoms with E-state index < -0.39 is 23.8 Å². The van der Waals surface area contributed by atoms with Crippen LogP contribution < -0.4 is 20.9 Å². The van der Waals surface area contributed by atoms with Gasteiger partial charge in [0.25, 0.3) is 5.91 Å². The maximum atomic E-state index is 14.8. The number of nitrogens with two attached hydrogens (primary N) is 1. The van der Waals surface area contributed by atoms with Crippen LogP contribution in [0.5, 0.6) is 0 Å². The fourth-order valence-corrected chi connectivity index (χ4v) is 7.16. The number of fused-ring (bicyclic) bond motifs is 1. The van der Waals surface area contributed by atoms with Crippen molar-refractivity contribution in [2.75, 3.05) is 16.3 Å². The molecule has 3 N–H and O–H groups in total. The Morgan fingerprint density at radius 1 is 0.854 bits per heavy atom. The molecule has 4 aromatic carbocycles. The van der Waals surface area contributed by atoms with Crippen LogP contribution in [0.15, 0.2) is 103 Å². The summed E-state index contributed by atoms with van der Waals surface area (Å²) in [6, 6.07) is 33.7. The summed E-state index contributed by atoms with van der Waals surface area (Å²) in [5.74, 6) is -1.65. The minimum atomic E-state index is -0.857. The third-order valence-corrected chi connectivity index (χ3v) is 10.0. The number of rotatable bonds is 12. The van der Waals surface area contributed by atoms with E-state index >= 15 is 0 Å². The number of primary amides is 1. The van der Waals surface area contributed by atoms with Crippen LogP contribution in [0, 0.1) is 24.7 Å². The maximum Gasteiger partial charge on any atom is 0.251 e. The van der Waals surface area contributed by atoms with E-state index in [2.05, 4.69) is 53.5 Å². The number of carbonyl (C=O) groups excluding carboxylic acids is 3. The average Bonchev–Trinajstić information content (AvgIpc) is 3.18. The molecule has 7 nitrogen and oxygen atoms in total. The third-order valence-electron chi connectivity index (χ3n) is 10.0. The fourth-order valence-electron chi connectivity index (χ4n) is 7.16. The van der Waals surface area contributed by atoms with Gasteiger partial charge in [-0.15, -0.1) is 0 Å². The highest BCUT2D eigenvalue weighted by Crippen LogP contribution is 2.39. The molecule has 48 heavy (non-hydrogen) atoms. The highest BCUT2D eigenvalue weighted by Gasteiger charge is 2.40. The molecule has 3 unspecified atom stereocenters. The Balaban J connectivity index is 1.37. The summed E-state index contributed by atoms with van der Waals surface area (Å²) in [5, 5.41) is 3.17. The molecule has 7 heteroatoms. The molecular weight excluding hydrogens is 596 g/mol. The van der Waals surface area contributed by atoms with Gasteiger partial charge < -0.3 is 20.9 Å². The molecule has 1 aliphatic carbocycles. The average molecular weight is 643 g/mol. The number of benzene rings is 4. The Morgan fingerprint density at radius 3 is 2.23 bits per heavy atom. The second-order valence-corrected chi connectivity index (χ2v) is 13.4. The highest BCUT2D eigenvalue weighted by molar-refractivity contribution is 6.04. The lowest BCUT2D eigenvalue weighted by Crippen LogP contribution is -2.54. The van der Waals surface area contributed by atoms with Crippen LogP contribution in [-0.2, 0) is 20.9 Å². The van der Waals surface area contributed by atoms with E-state index in [1.54, 1.807) is 4.90 Å². The van der Waals surface area contributed by atoms with Crippen molar-refractivity contribution >= 4 is 34.8 Å². The largest absolute Gasteiger partial charge is 0.369 e. The Bertz CT molecular complexity index is 1730. The van der Waals surface area contributed by atoms with Gasteiger partial charge in [0.15, 0.2) is 0 Å².